The Labute approximate surface area is 118 Å². The lowest BCUT2D eigenvalue weighted by atomic mass is 9.97. The van der Waals surface area contributed by atoms with E-state index < -0.39 is 62.1 Å². The third-order valence-electron chi connectivity index (χ3n) is 3.02. The normalized spacial score (nSPS) is 23.6. The van der Waals surface area contributed by atoms with Gasteiger partial charge < -0.3 is 10.2 Å². The highest BCUT2D eigenvalue weighted by molar-refractivity contribution is 5.82. The Morgan fingerprint density at radius 2 is 1.59 bits per heavy atom. The molecule has 1 saturated heterocycles. The molecule has 1 heterocycles. The van der Waals surface area contributed by atoms with Gasteiger partial charge in [0.05, 0.1) is 0 Å². The van der Waals surface area contributed by atoms with E-state index in [2.05, 4.69) is 0 Å². The first-order valence-electron chi connectivity index (χ1n) is 5.87. The molecule has 1 N–H and O–H groups in total. The van der Waals surface area contributed by atoms with Crippen molar-refractivity contribution in [3.05, 3.63) is 0 Å². The lowest BCUT2D eigenvalue weighted by Crippen LogP contribution is -2.60. The molecule has 1 fully saturated rings. The third kappa shape index (κ3) is 4.44. The Hall–Kier alpha value is -1.62. The summed E-state index contributed by atoms with van der Waals surface area (Å²) in [6.07, 6.45) is -15.4. The fraction of sp³-hybridized carbons (Fsp3) is 0.800. The van der Waals surface area contributed by atoms with Crippen molar-refractivity contribution in [1.82, 2.24) is 10.2 Å². The summed E-state index contributed by atoms with van der Waals surface area (Å²) in [5, 5.41) is 1.38. The fourth-order valence-electron chi connectivity index (χ4n) is 2.07. The van der Waals surface area contributed by atoms with Gasteiger partial charge in [0, 0.05) is 12.6 Å². The standard InChI is InChI=1S/C10H10F8N2O2/c11-6(12)7(21)20-3-4(19-8(22)10(16,17)18)1-2-5(20)9(13,14)15/h4-6H,1-3H2,(H,19,22). The number of halogens is 8. The van der Waals surface area contributed by atoms with E-state index in [9.17, 15) is 44.7 Å². The van der Waals surface area contributed by atoms with Crippen molar-refractivity contribution in [2.75, 3.05) is 6.54 Å². The minimum Gasteiger partial charge on any atom is -0.344 e. The molecule has 128 valence electrons. The van der Waals surface area contributed by atoms with Crippen LogP contribution in [0.3, 0.4) is 0 Å². The van der Waals surface area contributed by atoms with E-state index in [1.54, 1.807) is 0 Å². The van der Waals surface area contributed by atoms with E-state index in [1.807, 2.05) is 0 Å². The molecule has 0 radical (unpaired) electrons. The number of carbonyl (C=O) groups excluding carboxylic acids is 2. The van der Waals surface area contributed by atoms with Gasteiger partial charge >= 0.3 is 24.7 Å². The molecule has 12 heteroatoms. The van der Waals surface area contributed by atoms with Crippen molar-refractivity contribution in [2.24, 2.45) is 0 Å². The molecule has 0 aliphatic carbocycles. The quantitative estimate of drug-likeness (QED) is 0.779. The third-order valence-corrected chi connectivity index (χ3v) is 3.02. The van der Waals surface area contributed by atoms with Gasteiger partial charge in [0.1, 0.15) is 6.04 Å². The minimum atomic E-state index is -5.27. The van der Waals surface area contributed by atoms with Gasteiger partial charge in [-0.2, -0.15) is 35.1 Å². The van der Waals surface area contributed by atoms with Crippen molar-refractivity contribution in [2.45, 2.75) is 43.7 Å². The fourth-order valence-corrected chi connectivity index (χ4v) is 2.07. The molecule has 0 aromatic heterocycles. The Kier molecular flexibility index (Phi) is 5.23. The average molecular weight is 342 g/mol. The van der Waals surface area contributed by atoms with E-state index in [0.717, 1.165) is 0 Å². The Morgan fingerprint density at radius 1 is 1.05 bits per heavy atom. The van der Waals surface area contributed by atoms with Crippen molar-refractivity contribution in [1.29, 1.82) is 0 Å². The molecule has 4 nitrogen and oxygen atoms in total. The van der Waals surface area contributed by atoms with Crippen LogP contribution in [0, 0.1) is 0 Å². The number of nitrogens with zero attached hydrogens (tertiary/aromatic N) is 1. The number of nitrogens with one attached hydrogen (secondary N) is 1. The van der Waals surface area contributed by atoms with Crippen LogP contribution in [0.1, 0.15) is 12.8 Å². The van der Waals surface area contributed by atoms with Gasteiger partial charge in [0.25, 0.3) is 5.91 Å². The largest absolute Gasteiger partial charge is 0.471 e. The van der Waals surface area contributed by atoms with Crippen LogP contribution in [-0.2, 0) is 9.59 Å². The van der Waals surface area contributed by atoms with Crippen LogP contribution in [-0.4, -0.2) is 54.1 Å². The molecule has 0 saturated carbocycles. The first-order chi connectivity index (χ1) is 9.84. The number of likely N-dealkylation sites (tertiary alicyclic amines) is 1. The zero-order valence-corrected chi connectivity index (χ0v) is 10.6. The second-order valence-corrected chi connectivity index (χ2v) is 4.59. The number of amides is 2. The van der Waals surface area contributed by atoms with Crippen LogP contribution >= 0.6 is 0 Å². The second kappa shape index (κ2) is 6.24. The molecular formula is C10H10F8N2O2. The van der Waals surface area contributed by atoms with E-state index in [1.165, 1.54) is 5.32 Å². The number of hydrogen-bond acceptors (Lipinski definition) is 2. The molecule has 0 aromatic rings. The van der Waals surface area contributed by atoms with Crippen molar-refractivity contribution in [3.8, 4) is 0 Å². The van der Waals surface area contributed by atoms with Crippen LogP contribution in [0.25, 0.3) is 0 Å². The topological polar surface area (TPSA) is 49.4 Å². The van der Waals surface area contributed by atoms with Gasteiger partial charge in [-0.25, -0.2) is 0 Å². The molecule has 0 bridgehead atoms. The predicted molar refractivity (Wildman–Crippen MR) is 54.8 cm³/mol. The predicted octanol–water partition coefficient (Wildman–Crippen LogP) is 1.85. The summed E-state index contributed by atoms with van der Waals surface area (Å²) in [6, 6.07) is -4.01. The summed E-state index contributed by atoms with van der Waals surface area (Å²) in [4.78, 5) is 21.6. The highest BCUT2D eigenvalue weighted by Gasteiger charge is 2.50. The molecule has 2 amide bonds. The molecule has 22 heavy (non-hydrogen) atoms. The maximum absolute atomic E-state index is 12.7. The molecular weight excluding hydrogens is 332 g/mol. The molecule has 1 rings (SSSR count). The van der Waals surface area contributed by atoms with Gasteiger partial charge in [-0.15, -0.1) is 0 Å². The number of piperidine rings is 1. The van der Waals surface area contributed by atoms with Crippen molar-refractivity contribution < 1.29 is 44.7 Å². The van der Waals surface area contributed by atoms with Crippen LogP contribution in [0.5, 0.6) is 0 Å². The molecule has 2 unspecified atom stereocenters. The summed E-state index contributed by atoms with van der Waals surface area (Å²) < 4.78 is 98.9. The summed E-state index contributed by atoms with van der Waals surface area (Å²) in [7, 11) is 0. The number of carbonyl (C=O) groups is 2. The highest BCUT2D eigenvalue weighted by atomic mass is 19.4. The van der Waals surface area contributed by atoms with Gasteiger partial charge in [-0.05, 0) is 12.8 Å². The Balaban J connectivity index is 2.87. The summed E-state index contributed by atoms with van der Waals surface area (Å²) >= 11 is 0. The first-order valence-corrected chi connectivity index (χ1v) is 5.87. The van der Waals surface area contributed by atoms with E-state index >= 15 is 0 Å². The van der Waals surface area contributed by atoms with Crippen LogP contribution in [0.15, 0.2) is 0 Å². The SMILES string of the molecule is O=C(C(F)F)N1CC(NC(=O)C(F)(F)F)CCC1C(F)(F)F. The van der Waals surface area contributed by atoms with Gasteiger partial charge in [0.15, 0.2) is 0 Å². The van der Waals surface area contributed by atoms with Gasteiger partial charge in [0.2, 0.25) is 0 Å². The minimum absolute atomic E-state index is 0.241. The smallest absolute Gasteiger partial charge is 0.344 e. The lowest BCUT2D eigenvalue weighted by molar-refractivity contribution is -0.202. The van der Waals surface area contributed by atoms with Crippen molar-refractivity contribution in [3.63, 3.8) is 0 Å². The number of hydrogen-bond donors (Lipinski definition) is 1. The lowest BCUT2D eigenvalue weighted by Gasteiger charge is -2.40. The Bertz CT molecular complexity index is 434. The molecule has 1 aliphatic rings. The van der Waals surface area contributed by atoms with Gasteiger partial charge in [-0.3, -0.25) is 9.59 Å². The molecule has 2 atom stereocenters. The monoisotopic (exact) mass is 342 g/mol. The molecule has 1 aliphatic heterocycles. The maximum Gasteiger partial charge on any atom is 0.471 e. The van der Waals surface area contributed by atoms with E-state index in [4.69, 9.17) is 0 Å². The van der Waals surface area contributed by atoms with Crippen LogP contribution in [0.2, 0.25) is 0 Å². The zero-order valence-electron chi connectivity index (χ0n) is 10.6. The summed E-state index contributed by atoms with van der Waals surface area (Å²) in [5.74, 6) is -4.55. The summed E-state index contributed by atoms with van der Waals surface area (Å²) in [5.41, 5.74) is 0. The maximum atomic E-state index is 12.7. The van der Waals surface area contributed by atoms with E-state index in [0.29, 0.717) is 0 Å². The number of alkyl halides is 8. The zero-order chi connectivity index (χ0) is 17.3. The Morgan fingerprint density at radius 3 is 2.00 bits per heavy atom. The van der Waals surface area contributed by atoms with Crippen molar-refractivity contribution >= 4 is 11.8 Å². The van der Waals surface area contributed by atoms with Gasteiger partial charge in [-0.1, -0.05) is 0 Å². The number of rotatable bonds is 2. The molecule has 0 aromatic carbocycles. The van der Waals surface area contributed by atoms with Crippen LogP contribution in [0.4, 0.5) is 35.1 Å². The highest BCUT2D eigenvalue weighted by Crippen LogP contribution is 2.33. The first kappa shape index (κ1) is 18.4. The summed E-state index contributed by atoms with van der Waals surface area (Å²) in [6.45, 7) is -1.07. The average Bonchev–Trinajstić information content (AvgIpc) is 2.35. The van der Waals surface area contributed by atoms with E-state index in [-0.39, 0.29) is 4.90 Å². The van der Waals surface area contributed by atoms with Crippen LogP contribution < -0.4 is 5.32 Å². The second-order valence-electron chi connectivity index (χ2n) is 4.59. The molecule has 0 spiro atoms.